The predicted molar refractivity (Wildman–Crippen MR) is 88.4 cm³/mol. The van der Waals surface area contributed by atoms with Gasteiger partial charge in [0.1, 0.15) is 5.75 Å². The van der Waals surface area contributed by atoms with Crippen LogP contribution in [-0.4, -0.2) is 34.4 Å². The van der Waals surface area contributed by atoms with Gasteiger partial charge in [-0.3, -0.25) is 0 Å². The van der Waals surface area contributed by atoms with Crippen molar-refractivity contribution in [3.8, 4) is 5.75 Å². The van der Waals surface area contributed by atoms with Gasteiger partial charge in [-0.25, -0.2) is 0 Å². The summed E-state index contributed by atoms with van der Waals surface area (Å²) in [6.45, 7) is 6.95. The van der Waals surface area contributed by atoms with E-state index in [-0.39, 0.29) is 5.54 Å². The molecule has 0 saturated heterocycles. The van der Waals surface area contributed by atoms with Gasteiger partial charge >= 0.3 is 0 Å². The molecular formula is C16H23N5O. The fourth-order valence-electron chi connectivity index (χ4n) is 1.97. The maximum atomic E-state index is 5.22. The highest BCUT2D eigenvalue weighted by molar-refractivity contribution is 5.39. The third-order valence-electron chi connectivity index (χ3n) is 2.89. The fourth-order valence-corrected chi connectivity index (χ4v) is 1.97. The minimum atomic E-state index is -0.0616. The van der Waals surface area contributed by atoms with Crippen LogP contribution in [0, 0.1) is 0 Å². The smallest absolute Gasteiger partial charge is 0.244 e. The zero-order chi connectivity index (χ0) is 16.0. The molecule has 0 atom stereocenters. The molecule has 0 unspecified atom stereocenters. The van der Waals surface area contributed by atoms with Gasteiger partial charge in [-0.05, 0) is 44.9 Å². The maximum Gasteiger partial charge on any atom is 0.244 e. The number of anilines is 2. The molecule has 22 heavy (non-hydrogen) atoms. The Morgan fingerprint density at radius 1 is 1.23 bits per heavy atom. The number of aromatic nitrogens is 3. The van der Waals surface area contributed by atoms with Gasteiger partial charge in [0.25, 0.3) is 0 Å². The lowest BCUT2D eigenvalue weighted by atomic mass is 10.1. The van der Waals surface area contributed by atoms with Crippen LogP contribution in [0.25, 0.3) is 0 Å². The summed E-state index contributed by atoms with van der Waals surface area (Å²) in [5, 5.41) is 14.4. The number of nitrogens with one attached hydrogen (secondary N) is 2. The average Bonchev–Trinajstić information content (AvgIpc) is 2.46. The van der Waals surface area contributed by atoms with Crippen LogP contribution < -0.4 is 15.4 Å². The van der Waals surface area contributed by atoms with Crippen LogP contribution in [0.3, 0.4) is 0 Å². The van der Waals surface area contributed by atoms with Crippen molar-refractivity contribution in [1.29, 1.82) is 0 Å². The van der Waals surface area contributed by atoms with Crippen LogP contribution in [0.2, 0.25) is 0 Å². The summed E-state index contributed by atoms with van der Waals surface area (Å²) in [7, 11) is 1.67. The van der Waals surface area contributed by atoms with E-state index in [1.54, 1.807) is 13.3 Å². The summed E-state index contributed by atoms with van der Waals surface area (Å²) < 4.78 is 5.22. The Morgan fingerprint density at radius 2 is 2.05 bits per heavy atom. The second-order valence-electron chi connectivity index (χ2n) is 6.07. The molecule has 0 aliphatic carbocycles. The Labute approximate surface area is 131 Å². The van der Waals surface area contributed by atoms with Crippen LogP contribution in [0.4, 0.5) is 11.8 Å². The lowest BCUT2D eigenvalue weighted by molar-refractivity contribution is 0.414. The summed E-state index contributed by atoms with van der Waals surface area (Å²) in [6.07, 6.45) is 2.48. The first-order valence-electron chi connectivity index (χ1n) is 7.31. The topological polar surface area (TPSA) is 72.0 Å². The first-order valence-corrected chi connectivity index (χ1v) is 7.31. The standard InChI is InChI=1S/C16H23N5O/c1-16(2,3)20-14-11-18-21-15(19-14)17-9-8-12-6-5-7-13(10-12)22-4/h5-7,10-11H,8-9H2,1-4H3,(H2,17,19,20,21). The third-order valence-corrected chi connectivity index (χ3v) is 2.89. The van der Waals surface area contributed by atoms with Gasteiger partial charge in [0, 0.05) is 12.1 Å². The molecule has 1 aromatic carbocycles. The van der Waals surface area contributed by atoms with E-state index < -0.39 is 0 Å². The van der Waals surface area contributed by atoms with Gasteiger partial charge in [-0.2, -0.15) is 10.1 Å². The number of benzene rings is 1. The molecule has 0 amide bonds. The van der Waals surface area contributed by atoms with Gasteiger partial charge in [-0.15, -0.1) is 5.10 Å². The second-order valence-corrected chi connectivity index (χ2v) is 6.07. The third kappa shape index (κ3) is 5.20. The van der Waals surface area contributed by atoms with Crippen molar-refractivity contribution < 1.29 is 4.74 Å². The quantitative estimate of drug-likeness (QED) is 0.855. The van der Waals surface area contributed by atoms with Crippen LogP contribution >= 0.6 is 0 Å². The van der Waals surface area contributed by atoms with Gasteiger partial charge in [0.2, 0.25) is 5.95 Å². The SMILES string of the molecule is COc1cccc(CCNc2nncc(NC(C)(C)C)n2)c1. The molecule has 6 heteroatoms. The predicted octanol–water partition coefficient (Wildman–Crippen LogP) is 2.75. The average molecular weight is 301 g/mol. The molecule has 0 fully saturated rings. The van der Waals surface area contributed by atoms with Crippen LogP contribution in [-0.2, 0) is 6.42 Å². The van der Waals surface area contributed by atoms with Crippen LogP contribution in [0.1, 0.15) is 26.3 Å². The first kappa shape index (κ1) is 16.0. The van der Waals surface area contributed by atoms with Crippen molar-refractivity contribution in [2.45, 2.75) is 32.7 Å². The highest BCUT2D eigenvalue weighted by Gasteiger charge is 2.11. The minimum absolute atomic E-state index is 0.0616. The molecule has 1 heterocycles. The Kier molecular flexibility index (Phi) is 5.14. The van der Waals surface area contributed by atoms with Crippen LogP contribution in [0.5, 0.6) is 5.75 Å². The lowest BCUT2D eigenvalue weighted by Crippen LogP contribution is -2.27. The van der Waals surface area contributed by atoms with Crippen molar-refractivity contribution in [3.05, 3.63) is 36.0 Å². The summed E-state index contributed by atoms with van der Waals surface area (Å²) in [6, 6.07) is 8.02. The molecular weight excluding hydrogens is 278 g/mol. The van der Waals surface area contributed by atoms with E-state index in [1.165, 1.54) is 5.56 Å². The molecule has 6 nitrogen and oxygen atoms in total. The molecule has 0 aliphatic rings. The molecule has 2 rings (SSSR count). The van der Waals surface area contributed by atoms with E-state index in [2.05, 4.69) is 52.7 Å². The molecule has 0 aliphatic heterocycles. The number of rotatable bonds is 6. The molecule has 0 radical (unpaired) electrons. The first-order chi connectivity index (χ1) is 10.5. The van der Waals surface area contributed by atoms with Crippen molar-refractivity contribution >= 4 is 11.8 Å². The van der Waals surface area contributed by atoms with Crippen LogP contribution in [0.15, 0.2) is 30.5 Å². The fraction of sp³-hybridized carbons (Fsp3) is 0.438. The van der Waals surface area contributed by atoms with Crippen molar-refractivity contribution in [1.82, 2.24) is 15.2 Å². The van der Waals surface area contributed by atoms with E-state index in [4.69, 9.17) is 4.74 Å². The molecule has 0 bridgehead atoms. The van der Waals surface area contributed by atoms with Crippen molar-refractivity contribution in [2.75, 3.05) is 24.3 Å². The Bertz CT molecular complexity index is 609. The molecule has 118 valence electrons. The summed E-state index contributed by atoms with van der Waals surface area (Å²) in [5.41, 5.74) is 1.14. The minimum Gasteiger partial charge on any atom is -0.497 e. The summed E-state index contributed by atoms with van der Waals surface area (Å²) in [4.78, 5) is 4.40. The Hall–Kier alpha value is -2.37. The maximum absolute atomic E-state index is 5.22. The Balaban J connectivity index is 1.90. The zero-order valence-corrected chi connectivity index (χ0v) is 13.6. The van der Waals surface area contributed by atoms with Gasteiger partial charge in [0.15, 0.2) is 5.82 Å². The normalized spacial score (nSPS) is 11.1. The van der Waals surface area contributed by atoms with E-state index >= 15 is 0 Å². The van der Waals surface area contributed by atoms with E-state index in [0.717, 1.165) is 18.7 Å². The monoisotopic (exact) mass is 301 g/mol. The summed E-state index contributed by atoms with van der Waals surface area (Å²) in [5.74, 6) is 2.11. The molecule has 0 saturated carbocycles. The van der Waals surface area contributed by atoms with Crippen molar-refractivity contribution in [3.63, 3.8) is 0 Å². The largest absolute Gasteiger partial charge is 0.497 e. The van der Waals surface area contributed by atoms with E-state index in [0.29, 0.717) is 11.8 Å². The number of methoxy groups -OCH3 is 1. The van der Waals surface area contributed by atoms with Gasteiger partial charge < -0.3 is 15.4 Å². The summed E-state index contributed by atoms with van der Waals surface area (Å²) >= 11 is 0. The highest BCUT2D eigenvalue weighted by Crippen LogP contribution is 2.14. The zero-order valence-electron chi connectivity index (χ0n) is 13.6. The highest BCUT2D eigenvalue weighted by atomic mass is 16.5. The van der Waals surface area contributed by atoms with Gasteiger partial charge in [-0.1, -0.05) is 12.1 Å². The van der Waals surface area contributed by atoms with E-state index in [1.807, 2.05) is 18.2 Å². The molecule has 1 aromatic heterocycles. The number of ether oxygens (including phenoxy) is 1. The molecule has 0 spiro atoms. The van der Waals surface area contributed by atoms with Gasteiger partial charge in [0.05, 0.1) is 13.3 Å². The number of hydrogen-bond acceptors (Lipinski definition) is 6. The Morgan fingerprint density at radius 3 is 2.77 bits per heavy atom. The second kappa shape index (κ2) is 7.06. The number of nitrogens with zero attached hydrogens (tertiary/aromatic N) is 3. The van der Waals surface area contributed by atoms with Crippen molar-refractivity contribution in [2.24, 2.45) is 0 Å². The van der Waals surface area contributed by atoms with E-state index in [9.17, 15) is 0 Å². The molecule has 2 aromatic rings. The lowest BCUT2D eigenvalue weighted by Gasteiger charge is -2.20. The molecule has 2 N–H and O–H groups in total. The number of hydrogen-bond donors (Lipinski definition) is 2.